The van der Waals surface area contributed by atoms with E-state index in [1.54, 1.807) is 11.9 Å². The quantitative estimate of drug-likeness (QED) is 0.834. The van der Waals surface area contributed by atoms with Crippen LogP contribution < -0.4 is 0 Å². The van der Waals surface area contributed by atoms with Crippen LogP contribution in [0.15, 0.2) is 0 Å². The Morgan fingerprint density at radius 1 is 1.65 bits per heavy atom. The number of nitrogens with one attached hydrogen (secondary N) is 1. The van der Waals surface area contributed by atoms with Crippen molar-refractivity contribution in [2.75, 3.05) is 20.3 Å². The zero-order valence-electron chi connectivity index (χ0n) is 10.3. The van der Waals surface area contributed by atoms with Gasteiger partial charge in [0.25, 0.3) is 5.91 Å². The van der Waals surface area contributed by atoms with Gasteiger partial charge in [-0.1, -0.05) is 6.92 Å². The average Bonchev–Trinajstić information content (AvgIpc) is 2.98. The molecule has 1 aromatic rings. The second-order valence-corrected chi connectivity index (χ2v) is 4.29. The van der Waals surface area contributed by atoms with Crippen LogP contribution in [0.25, 0.3) is 0 Å². The van der Waals surface area contributed by atoms with Crippen LogP contribution in [0.4, 0.5) is 0 Å². The highest BCUT2D eigenvalue weighted by Gasteiger charge is 2.27. The molecular weight excluding hydrogens is 220 g/mol. The molecule has 1 aliphatic heterocycles. The molecule has 1 saturated heterocycles. The standard InChI is InChI=1S/C11H18N4O2/c1-3-4-9-12-10(14-13-9)11(16)15(2)8-5-6-17-7-8/h8H,3-7H2,1-2H3,(H,12,13,14). The van der Waals surface area contributed by atoms with Gasteiger partial charge in [0, 0.05) is 20.1 Å². The van der Waals surface area contributed by atoms with E-state index in [2.05, 4.69) is 22.1 Å². The summed E-state index contributed by atoms with van der Waals surface area (Å²) in [5.41, 5.74) is 0. The van der Waals surface area contributed by atoms with Crippen LogP contribution >= 0.6 is 0 Å². The van der Waals surface area contributed by atoms with E-state index in [-0.39, 0.29) is 17.8 Å². The van der Waals surface area contributed by atoms with E-state index >= 15 is 0 Å². The summed E-state index contributed by atoms with van der Waals surface area (Å²) in [6.45, 7) is 3.39. The molecule has 6 nitrogen and oxygen atoms in total. The first kappa shape index (κ1) is 12.0. The Morgan fingerprint density at radius 2 is 2.47 bits per heavy atom. The highest BCUT2D eigenvalue weighted by atomic mass is 16.5. The molecule has 0 radical (unpaired) electrons. The average molecular weight is 238 g/mol. The van der Waals surface area contributed by atoms with Crippen molar-refractivity contribution in [3.63, 3.8) is 0 Å². The van der Waals surface area contributed by atoms with Gasteiger partial charge in [-0.15, -0.1) is 5.10 Å². The van der Waals surface area contributed by atoms with Gasteiger partial charge in [0.2, 0.25) is 5.82 Å². The van der Waals surface area contributed by atoms with E-state index < -0.39 is 0 Å². The molecule has 0 aliphatic carbocycles. The van der Waals surface area contributed by atoms with E-state index in [0.717, 1.165) is 31.7 Å². The van der Waals surface area contributed by atoms with Crippen molar-refractivity contribution in [3.8, 4) is 0 Å². The Bertz CT molecular complexity index is 385. The smallest absolute Gasteiger partial charge is 0.293 e. The Kier molecular flexibility index (Phi) is 3.73. The summed E-state index contributed by atoms with van der Waals surface area (Å²) in [5.74, 6) is 0.883. The van der Waals surface area contributed by atoms with Gasteiger partial charge in [0.05, 0.1) is 12.6 Å². The zero-order chi connectivity index (χ0) is 12.3. The SMILES string of the molecule is CCCc1nc(C(=O)N(C)C2CCOC2)n[nH]1. The molecule has 1 amide bonds. The predicted molar refractivity (Wildman–Crippen MR) is 61.7 cm³/mol. The van der Waals surface area contributed by atoms with Gasteiger partial charge >= 0.3 is 0 Å². The number of aromatic amines is 1. The lowest BCUT2D eigenvalue weighted by atomic mass is 10.2. The lowest BCUT2D eigenvalue weighted by molar-refractivity contribution is 0.0699. The highest BCUT2D eigenvalue weighted by Crippen LogP contribution is 2.12. The maximum absolute atomic E-state index is 12.1. The summed E-state index contributed by atoms with van der Waals surface area (Å²) >= 11 is 0. The van der Waals surface area contributed by atoms with Crippen LogP contribution in [0.5, 0.6) is 0 Å². The van der Waals surface area contributed by atoms with E-state index in [1.165, 1.54) is 0 Å². The van der Waals surface area contributed by atoms with E-state index in [0.29, 0.717) is 6.61 Å². The third-order valence-corrected chi connectivity index (χ3v) is 2.98. The first-order chi connectivity index (χ1) is 8.22. The van der Waals surface area contributed by atoms with E-state index in [9.17, 15) is 4.79 Å². The van der Waals surface area contributed by atoms with Crippen molar-refractivity contribution in [2.45, 2.75) is 32.2 Å². The van der Waals surface area contributed by atoms with Gasteiger partial charge in [0.15, 0.2) is 0 Å². The molecule has 0 bridgehead atoms. The van der Waals surface area contributed by atoms with Crippen LogP contribution in [0.1, 0.15) is 36.2 Å². The fraction of sp³-hybridized carbons (Fsp3) is 0.727. The van der Waals surface area contributed by atoms with Crippen molar-refractivity contribution in [1.82, 2.24) is 20.1 Å². The van der Waals surface area contributed by atoms with Gasteiger partial charge < -0.3 is 9.64 Å². The first-order valence-corrected chi connectivity index (χ1v) is 5.98. The predicted octanol–water partition coefficient (Wildman–Crippen LogP) is 0.618. The molecule has 0 saturated carbocycles. The number of aromatic nitrogens is 3. The van der Waals surface area contributed by atoms with Crippen LogP contribution in [-0.2, 0) is 11.2 Å². The Morgan fingerprint density at radius 3 is 3.12 bits per heavy atom. The number of carbonyl (C=O) groups is 1. The van der Waals surface area contributed by atoms with Crippen molar-refractivity contribution in [2.24, 2.45) is 0 Å². The largest absolute Gasteiger partial charge is 0.379 e. The molecule has 2 heterocycles. The van der Waals surface area contributed by atoms with Gasteiger partial charge in [-0.2, -0.15) is 0 Å². The third-order valence-electron chi connectivity index (χ3n) is 2.98. The topological polar surface area (TPSA) is 71.1 Å². The highest BCUT2D eigenvalue weighted by molar-refractivity contribution is 5.90. The Hall–Kier alpha value is -1.43. The monoisotopic (exact) mass is 238 g/mol. The number of amides is 1. The molecule has 1 N–H and O–H groups in total. The second kappa shape index (κ2) is 5.27. The van der Waals surface area contributed by atoms with E-state index in [4.69, 9.17) is 4.74 Å². The fourth-order valence-corrected chi connectivity index (χ4v) is 1.89. The van der Waals surface area contributed by atoms with Crippen LogP contribution in [0.2, 0.25) is 0 Å². The molecular formula is C11H18N4O2. The summed E-state index contributed by atoms with van der Waals surface area (Å²) in [4.78, 5) is 17.9. The Labute approximate surface area is 100 Å². The first-order valence-electron chi connectivity index (χ1n) is 5.98. The molecule has 6 heteroatoms. The number of ether oxygens (including phenoxy) is 1. The molecule has 1 atom stereocenters. The molecule has 0 aromatic carbocycles. The minimum Gasteiger partial charge on any atom is -0.379 e. The molecule has 0 spiro atoms. The minimum absolute atomic E-state index is 0.140. The summed E-state index contributed by atoms with van der Waals surface area (Å²) in [7, 11) is 1.78. The van der Waals surface area contributed by atoms with Crippen LogP contribution in [0, 0.1) is 0 Å². The molecule has 1 aliphatic rings. The number of carbonyl (C=O) groups excluding carboxylic acids is 1. The normalized spacial score (nSPS) is 19.5. The molecule has 94 valence electrons. The van der Waals surface area contributed by atoms with Crippen molar-refractivity contribution in [3.05, 3.63) is 11.6 Å². The lowest BCUT2D eigenvalue weighted by Crippen LogP contribution is -2.37. The maximum Gasteiger partial charge on any atom is 0.293 e. The van der Waals surface area contributed by atoms with E-state index in [1.807, 2.05) is 0 Å². The molecule has 1 unspecified atom stereocenters. The van der Waals surface area contributed by atoms with Gasteiger partial charge in [-0.25, -0.2) is 4.98 Å². The van der Waals surface area contributed by atoms with Crippen molar-refractivity contribution in [1.29, 1.82) is 0 Å². The summed E-state index contributed by atoms with van der Waals surface area (Å²) in [6, 6.07) is 0.149. The van der Waals surface area contributed by atoms with Crippen molar-refractivity contribution >= 4 is 5.91 Å². The van der Waals surface area contributed by atoms with Crippen LogP contribution in [-0.4, -0.2) is 52.3 Å². The van der Waals surface area contributed by atoms with Gasteiger partial charge in [0.1, 0.15) is 5.82 Å². The van der Waals surface area contributed by atoms with Gasteiger partial charge in [-0.05, 0) is 12.8 Å². The number of rotatable bonds is 4. The molecule has 1 aromatic heterocycles. The molecule has 1 fully saturated rings. The number of nitrogens with zero attached hydrogens (tertiary/aromatic N) is 3. The number of hydrogen-bond acceptors (Lipinski definition) is 4. The number of aryl methyl sites for hydroxylation is 1. The fourth-order valence-electron chi connectivity index (χ4n) is 1.89. The van der Waals surface area contributed by atoms with Gasteiger partial charge in [-0.3, -0.25) is 9.89 Å². The summed E-state index contributed by atoms with van der Waals surface area (Å²) in [6.07, 6.45) is 2.68. The molecule has 2 rings (SSSR count). The number of H-pyrrole nitrogens is 1. The third kappa shape index (κ3) is 2.63. The zero-order valence-corrected chi connectivity index (χ0v) is 10.3. The minimum atomic E-state index is -0.140. The summed E-state index contributed by atoms with van der Waals surface area (Å²) in [5, 5.41) is 6.75. The van der Waals surface area contributed by atoms with Crippen molar-refractivity contribution < 1.29 is 9.53 Å². The van der Waals surface area contributed by atoms with Crippen LogP contribution in [0.3, 0.4) is 0 Å². The Balaban J connectivity index is 2.02. The maximum atomic E-state index is 12.1. The number of likely N-dealkylation sites (N-methyl/N-ethyl adjacent to an activating group) is 1. The second-order valence-electron chi connectivity index (χ2n) is 4.29. The molecule has 17 heavy (non-hydrogen) atoms. The lowest BCUT2D eigenvalue weighted by Gasteiger charge is -2.21. The number of hydrogen-bond donors (Lipinski definition) is 1. The summed E-state index contributed by atoms with van der Waals surface area (Å²) < 4.78 is 5.27.